The van der Waals surface area contributed by atoms with Crippen molar-refractivity contribution in [3.8, 4) is 5.75 Å². The summed E-state index contributed by atoms with van der Waals surface area (Å²) in [6.45, 7) is 0. The number of hydrogen-bond donors (Lipinski definition) is 0. The molecular weight excluding hydrogens is 302 g/mol. The van der Waals surface area contributed by atoms with Gasteiger partial charge in [0.1, 0.15) is 11.4 Å². The van der Waals surface area contributed by atoms with Crippen molar-refractivity contribution in [1.82, 2.24) is 9.38 Å². The summed E-state index contributed by atoms with van der Waals surface area (Å²) in [5.41, 5.74) is 1.81. The van der Waals surface area contributed by atoms with E-state index in [9.17, 15) is 13.6 Å². The van der Waals surface area contributed by atoms with Crippen LogP contribution in [0, 0.1) is 11.6 Å². The number of halogens is 2. The summed E-state index contributed by atoms with van der Waals surface area (Å²) in [6, 6.07) is 7.72. The van der Waals surface area contributed by atoms with Gasteiger partial charge in [0.15, 0.2) is 17.4 Å². The van der Waals surface area contributed by atoms with Gasteiger partial charge in [0.05, 0.1) is 7.11 Å². The van der Waals surface area contributed by atoms with E-state index in [0.29, 0.717) is 0 Å². The van der Waals surface area contributed by atoms with Gasteiger partial charge in [-0.25, -0.2) is 13.8 Å². The monoisotopic (exact) mass is 316 g/mol. The maximum Gasteiger partial charge on any atom is 0.190 e. The van der Waals surface area contributed by atoms with Crippen molar-refractivity contribution in [2.45, 2.75) is 12.8 Å². The third-order valence-electron chi connectivity index (χ3n) is 3.55. The number of methoxy groups -OCH3 is 1. The van der Waals surface area contributed by atoms with Crippen molar-refractivity contribution in [1.29, 1.82) is 0 Å². The molecule has 2 aromatic heterocycles. The Kier molecular flexibility index (Phi) is 4.06. The molecule has 3 aromatic rings. The zero-order chi connectivity index (χ0) is 16.4. The molecule has 0 fully saturated rings. The van der Waals surface area contributed by atoms with Crippen LogP contribution in [0.1, 0.15) is 11.3 Å². The van der Waals surface area contributed by atoms with Gasteiger partial charge < -0.3 is 9.14 Å². The van der Waals surface area contributed by atoms with Crippen molar-refractivity contribution >= 4 is 11.4 Å². The van der Waals surface area contributed by atoms with Crippen LogP contribution in [-0.2, 0) is 17.6 Å². The minimum atomic E-state index is -0.813. The van der Waals surface area contributed by atoms with Gasteiger partial charge >= 0.3 is 0 Å². The van der Waals surface area contributed by atoms with Crippen LogP contribution in [0.25, 0.3) is 5.65 Å². The standard InChI is InChI=1S/C17H14F2N2O2/c1-23-17-14(18)8-11(9-15(17)19)7-13(22)10-12-3-2-4-16-20-5-6-21(12)16/h2-6,8-9H,7,10H2,1H3. The van der Waals surface area contributed by atoms with Gasteiger partial charge in [-0.05, 0) is 29.8 Å². The van der Waals surface area contributed by atoms with Crippen molar-refractivity contribution in [3.63, 3.8) is 0 Å². The van der Waals surface area contributed by atoms with Crippen LogP contribution in [0.4, 0.5) is 8.78 Å². The Balaban J connectivity index is 1.79. The number of hydrogen-bond acceptors (Lipinski definition) is 3. The Morgan fingerprint density at radius 1 is 1.22 bits per heavy atom. The maximum absolute atomic E-state index is 13.7. The SMILES string of the molecule is COc1c(F)cc(CC(=O)Cc2cccc3nccn23)cc1F. The summed E-state index contributed by atoms with van der Waals surface area (Å²) >= 11 is 0. The average Bonchev–Trinajstić information content (AvgIpc) is 2.96. The van der Waals surface area contributed by atoms with Crippen molar-refractivity contribution in [2.75, 3.05) is 7.11 Å². The zero-order valence-corrected chi connectivity index (χ0v) is 12.4. The van der Waals surface area contributed by atoms with E-state index >= 15 is 0 Å². The summed E-state index contributed by atoms with van der Waals surface area (Å²) < 4.78 is 33.8. The maximum atomic E-state index is 13.7. The normalized spacial score (nSPS) is 10.9. The topological polar surface area (TPSA) is 43.6 Å². The summed E-state index contributed by atoms with van der Waals surface area (Å²) in [5, 5.41) is 0. The second-order valence-corrected chi connectivity index (χ2v) is 5.16. The number of Topliss-reactive ketones (excluding diaryl/α,β-unsaturated/α-hetero) is 1. The van der Waals surface area contributed by atoms with Crippen LogP contribution in [0.15, 0.2) is 42.7 Å². The molecule has 0 unspecified atom stereocenters. The van der Waals surface area contributed by atoms with E-state index in [1.807, 2.05) is 22.6 Å². The van der Waals surface area contributed by atoms with Crippen LogP contribution < -0.4 is 4.74 Å². The first kappa shape index (κ1) is 15.1. The third kappa shape index (κ3) is 3.06. The number of carbonyl (C=O) groups is 1. The number of fused-ring (bicyclic) bond motifs is 1. The number of aromatic nitrogens is 2. The molecule has 23 heavy (non-hydrogen) atoms. The molecule has 4 nitrogen and oxygen atoms in total. The first-order chi connectivity index (χ1) is 11.1. The highest BCUT2D eigenvalue weighted by Gasteiger charge is 2.14. The average molecular weight is 316 g/mol. The molecule has 118 valence electrons. The fraction of sp³-hybridized carbons (Fsp3) is 0.176. The van der Waals surface area contributed by atoms with Crippen LogP contribution in [0.5, 0.6) is 5.75 Å². The molecule has 0 atom stereocenters. The number of pyridine rings is 1. The van der Waals surface area contributed by atoms with Crippen LogP contribution in [-0.4, -0.2) is 22.3 Å². The quantitative estimate of drug-likeness (QED) is 0.727. The lowest BCUT2D eigenvalue weighted by molar-refractivity contribution is -0.117. The Hall–Kier alpha value is -2.76. The molecule has 0 amide bonds. The van der Waals surface area contributed by atoms with E-state index in [1.54, 1.807) is 12.4 Å². The Labute approximate surface area is 131 Å². The van der Waals surface area contributed by atoms with E-state index in [2.05, 4.69) is 9.72 Å². The van der Waals surface area contributed by atoms with Crippen molar-refractivity contribution < 1.29 is 18.3 Å². The lowest BCUT2D eigenvalue weighted by Gasteiger charge is -2.08. The molecule has 0 bridgehead atoms. The summed E-state index contributed by atoms with van der Waals surface area (Å²) in [6.07, 6.45) is 3.52. The largest absolute Gasteiger partial charge is 0.491 e. The van der Waals surface area contributed by atoms with Gasteiger partial charge in [0.25, 0.3) is 0 Å². The molecule has 0 saturated heterocycles. The fourth-order valence-electron chi connectivity index (χ4n) is 2.55. The molecule has 0 aliphatic heterocycles. The van der Waals surface area contributed by atoms with E-state index in [4.69, 9.17) is 0 Å². The van der Waals surface area contributed by atoms with Crippen LogP contribution >= 0.6 is 0 Å². The summed E-state index contributed by atoms with van der Waals surface area (Å²) in [7, 11) is 1.19. The Morgan fingerprint density at radius 2 is 1.96 bits per heavy atom. The lowest BCUT2D eigenvalue weighted by Crippen LogP contribution is -2.10. The van der Waals surface area contributed by atoms with E-state index in [0.717, 1.165) is 23.5 Å². The number of benzene rings is 1. The number of carbonyl (C=O) groups excluding carboxylic acids is 1. The van der Waals surface area contributed by atoms with Gasteiger partial charge in [0.2, 0.25) is 0 Å². The molecule has 0 radical (unpaired) electrons. The molecule has 0 saturated carbocycles. The number of ether oxygens (including phenoxy) is 1. The van der Waals surface area contributed by atoms with E-state index < -0.39 is 17.4 Å². The molecular formula is C17H14F2N2O2. The highest BCUT2D eigenvalue weighted by molar-refractivity contribution is 5.83. The van der Waals surface area contributed by atoms with E-state index in [-0.39, 0.29) is 24.2 Å². The Morgan fingerprint density at radius 3 is 2.65 bits per heavy atom. The number of imidazole rings is 1. The fourth-order valence-corrected chi connectivity index (χ4v) is 2.55. The van der Waals surface area contributed by atoms with Crippen LogP contribution in [0.2, 0.25) is 0 Å². The number of ketones is 1. The predicted octanol–water partition coefficient (Wildman–Crippen LogP) is 2.98. The van der Waals surface area contributed by atoms with Gasteiger partial charge in [-0.1, -0.05) is 6.07 Å². The molecule has 0 spiro atoms. The van der Waals surface area contributed by atoms with Gasteiger partial charge in [-0.3, -0.25) is 4.79 Å². The first-order valence-corrected chi connectivity index (χ1v) is 7.03. The molecule has 0 N–H and O–H groups in total. The van der Waals surface area contributed by atoms with E-state index in [1.165, 1.54) is 7.11 Å². The van der Waals surface area contributed by atoms with Gasteiger partial charge in [-0.2, -0.15) is 0 Å². The molecule has 0 aliphatic carbocycles. The first-order valence-electron chi connectivity index (χ1n) is 7.03. The van der Waals surface area contributed by atoms with Crippen LogP contribution in [0.3, 0.4) is 0 Å². The molecule has 3 rings (SSSR count). The number of rotatable bonds is 5. The molecule has 2 heterocycles. The summed E-state index contributed by atoms with van der Waals surface area (Å²) in [4.78, 5) is 16.4. The molecule has 1 aromatic carbocycles. The smallest absolute Gasteiger partial charge is 0.190 e. The third-order valence-corrected chi connectivity index (χ3v) is 3.55. The molecule has 6 heteroatoms. The minimum absolute atomic E-state index is 0.0527. The molecule has 0 aliphatic rings. The second kappa shape index (κ2) is 6.16. The van der Waals surface area contributed by atoms with Gasteiger partial charge in [0, 0.05) is 30.9 Å². The lowest BCUT2D eigenvalue weighted by atomic mass is 10.0. The minimum Gasteiger partial charge on any atom is -0.491 e. The second-order valence-electron chi connectivity index (χ2n) is 5.16. The zero-order valence-electron chi connectivity index (χ0n) is 12.4. The highest BCUT2D eigenvalue weighted by atomic mass is 19.1. The van der Waals surface area contributed by atoms with Crippen molar-refractivity contribution in [3.05, 3.63) is 65.6 Å². The predicted molar refractivity (Wildman–Crippen MR) is 80.5 cm³/mol. The van der Waals surface area contributed by atoms with Gasteiger partial charge in [-0.15, -0.1) is 0 Å². The Bertz CT molecular complexity index is 851. The highest BCUT2D eigenvalue weighted by Crippen LogP contribution is 2.23. The summed E-state index contributed by atoms with van der Waals surface area (Å²) in [5.74, 6) is -2.21. The van der Waals surface area contributed by atoms with Crippen molar-refractivity contribution in [2.24, 2.45) is 0 Å². The number of nitrogens with zero attached hydrogens (tertiary/aromatic N) is 2.